The summed E-state index contributed by atoms with van der Waals surface area (Å²) in [4.78, 5) is 27.7. The second-order valence-electron chi connectivity index (χ2n) is 7.09. The molecule has 24 heavy (non-hydrogen) atoms. The number of nitrogens with two attached hydrogens (primary N) is 1. The van der Waals surface area contributed by atoms with E-state index in [2.05, 4.69) is 6.92 Å². The van der Waals surface area contributed by atoms with Crippen molar-refractivity contribution in [2.75, 3.05) is 18.8 Å². The number of piperidine rings is 1. The van der Waals surface area contributed by atoms with Crippen molar-refractivity contribution < 1.29 is 4.79 Å². The summed E-state index contributed by atoms with van der Waals surface area (Å²) in [5, 5.41) is 0.447. The molecule has 1 aliphatic rings. The summed E-state index contributed by atoms with van der Waals surface area (Å²) in [5.74, 6) is 0.458. The van der Waals surface area contributed by atoms with Crippen LogP contribution in [0.25, 0.3) is 10.9 Å². The molecule has 0 radical (unpaired) electrons. The SMILES string of the molecule is CC1CCN(C(=O)c2cn(C(C)C)c3cccc(N)c3c2=O)CC1. The van der Waals surface area contributed by atoms with Gasteiger partial charge in [-0.15, -0.1) is 0 Å². The molecule has 2 heterocycles. The quantitative estimate of drug-likeness (QED) is 0.862. The van der Waals surface area contributed by atoms with Gasteiger partial charge in [-0.25, -0.2) is 0 Å². The number of pyridine rings is 1. The minimum atomic E-state index is -0.261. The Morgan fingerprint density at radius 1 is 1.25 bits per heavy atom. The molecular formula is C19H25N3O2. The Balaban J connectivity index is 2.14. The van der Waals surface area contributed by atoms with E-state index in [-0.39, 0.29) is 22.9 Å². The molecule has 0 atom stereocenters. The van der Waals surface area contributed by atoms with Gasteiger partial charge in [0, 0.05) is 31.0 Å². The largest absolute Gasteiger partial charge is 0.398 e. The summed E-state index contributed by atoms with van der Waals surface area (Å²) in [6, 6.07) is 5.56. The number of aromatic nitrogens is 1. The maximum atomic E-state index is 12.9. The number of nitrogens with zero attached hydrogens (tertiary/aromatic N) is 2. The van der Waals surface area contributed by atoms with Gasteiger partial charge < -0.3 is 15.2 Å². The van der Waals surface area contributed by atoms with Crippen LogP contribution in [0.4, 0.5) is 5.69 Å². The average molecular weight is 327 g/mol. The predicted molar refractivity (Wildman–Crippen MR) is 97.3 cm³/mol. The van der Waals surface area contributed by atoms with Crippen molar-refractivity contribution in [3.05, 3.63) is 40.2 Å². The molecule has 0 spiro atoms. The van der Waals surface area contributed by atoms with Crippen LogP contribution in [0.5, 0.6) is 0 Å². The Hall–Kier alpha value is -2.30. The number of carbonyl (C=O) groups is 1. The Morgan fingerprint density at radius 2 is 1.92 bits per heavy atom. The monoisotopic (exact) mass is 327 g/mol. The van der Waals surface area contributed by atoms with E-state index in [9.17, 15) is 9.59 Å². The smallest absolute Gasteiger partial charge is 0.259 e. The molecule has 1 aliphatic heterocycles. The first-order valence-electron chi connectivity index (χ1n) is 8.62. The zero-order valence-electron chi connectivity index (χ0n) is 14.6. The van der Waals surface area contributed by atoms with Gasteiger partial charge in [0.05, 0.1) is 10.9 Å². The van der Waals surface area contributed by atoms with Crippen LogP contribution in [0, 0.1) is 5.92 Å². The van der Waals surface area contributed by atoms with Gasteiger partial charge >= 0.3 is 0 Å². The lowest BCUT2D eigenvalue weighted by Crippen LogP contribution is -2.40. The zero-order valence-corrected chi connectivity index (χ0v) is 14.6. The molecule has 5 nitrogen and oxygen atoms in total. The molecule has 2 aromatic rings. The molecule has 2 N–H and O–H groups in total. The van der Waals surface area contributed by atoms with Gasteiger partial charge in [-0.3, -0.25) is 9.59 Å². The molecule has 0 bridgehead atoms. The van der Waals surface area contributed by atoms with E-state index in [1.165, 1.54) is 0 Å². The van der Waals surface area contributed by atoms with Crippen molar-refractivity contribution >= 4 is 22.5 Å². The van der Waals surface area contributed by atoms with Crippen LogP contribution < -0.4 is 11.2 Å². The number of amides is 1. The second-order valence-corrected chi connectivity index (χ2v) is 7.09. The van der Waals surface area contributed by atoms with Gasteiger partial charge in [0.15, 0.2) is 0 Å². The Morgan fingerprint density at radius 3 is 2.54 bits per heavy atom. The van der Waals surface area contributed by atoms with Crippen LogP contribution in [-0.2, 0) is 0 Å². The summed E-state index contributed by atoms with van der Waals surface area (Å²) in [7, 11) is 0. The normalized spacial score (nSPS) is 16.1. The third-order valence-corrected chi connectivity index (χ3v) is 4.95. The summed E-state index contributed by atoms with van der Waals surface area (Å²) < 4.78 is 1.97. The number of carbonyl (C=O) groups excluding carboxylic acids is 1. The third-order valence-electron chi connectivity index (χ3n) is 4.95. The van der Waals surface area contributed by atoms with Crippen LogP contribution in [0.3, 0.4) is 0 Å². The number of anilines is 1. The molecule has 0 unspecified atom stereocenters. The lowest BCUT2D eigenvalue weighted by atomic mass is 9.98. The molecule has 0 aliphatic carbocycles. The average Bonchev–Trinajstić information content (AvgIpc) is 2.55. The fourth-order valence-electron chi connectivity index (χ4n) is 3.38. The molecule has 1 amide bonds. The first kappa shape index (κ1) is 16.6. The predicted octanol–water partition coefficient (Wildman–Crippen LogP) is 3.04. The van der Waals surface area contributed by atoms with Gasteiger partial charge in [-0.05, 0) is 44.7 Å². The molecule has 1 saturated heterocycles. The van der Waals surface area contributed by atoms with E-state index in [4.69, 9.17) is 5.73 Å². The van der Waals surface area contributed by atoms with E-state index >= 15 is 0 Å². The van der Waals surface area contributed by atoms with Gasteiger partial charge in [0.25, 0.3) is 5.91 Å². The van der Waals surface area contributed by atoms with Crippen molar-refractivity contribution in [2.24, 2.45) is 5.92 Å². The third kappa shape index (κ3) is 2.79. The van der Waals surface area contributed by atoms with Crippen LogP contribution in [0.1, 0.15) is 50.0 Å². The number of nitrogen functional groups attached to an aromatic ring is 1. The number of hydrogen-bond donors (Lipinski definition) is 1. The topological polar surface area (TPSA) is 68.3 Å². The minimum absolute atomic E-state index is 0.128. The van der Waals surface area contributed by atoms with Gasteiger partial charge in [-0.1, -0.05) is 13.0 Å². The van der Waals surface area contributed by atoms with E-state index < -0.39 is 0 Å². The van der Waals surface area contributed by atoms with Crippen molar-refractivity contribution in [3.8, 4) is 0 Å². The lowest BCUT2D eigenvalue weighted by molar-refractivity contribution is 0.0695. The molecule has 1 aromatic heterocycles. The number of benzene rings is 1. The van der Waals surface area contributed by atoms with Crippen molar-refractivity contribution in [1.29, 1.82) is 0 Å². The van der Waals surface area contributed by atoms with E-state index in [1.54, 1.807) is 17.2 Å². The van der Waals surface area contributed by atoms with Crippen molar-refractivity contribution in [2.45, 2.75) is 39.7 Å². The molecule has 3 rings (SSSR count). The second kappa shape index (κ2) is 6.30. The molecule has 5 heteroatoms. The number of hydrogen-bond acceptors (Lipinski definition) is 3. The number of fused-ring (bicyclic) bond motifs is 1. The van der Waals surface area contributed by atoms with Crippen LogP contribution in [0.15, 0.2) is 29.2 Å². The molecule has 1 fully saturated rings. The lowest BCUT2D eigenvalue weighted by Gasteiger charge is -2.30. The molecule has 128 valence electrons. The zero-order chi connectivity index (χ0) is 17.4. The van der Waals surface area contributed by atoms with Crippen LogP contribution >= 0.6 is 0 Å². The number of rotatable bonds is 2. The highest BCUT2D eigenvalue weighted by molar-refractivity contribution is 6.00. The minimum Gasteiger partial charge on any atom is -0.398 e. The van der Waals surface area contributed by atoms with Crippen LogP contribution in [-0.4, -0.2) is 28.5 Å². The van der Waals surface area contributed by atoms with Crippen molar-refractivity contribution in [1.82, 2.24) is 9.47 Å². The molecule has 1 aromatic carbocycles. The standard InChI is InChI=1S/C19H25N3O2/c1-12(2)22-11-14(19(24)21-9-7-13(3)8-10-21)18(23)17-15(20)5-4-6-16(17)22/h4-6,11-13H,7-10,20H2,1-3H3. The Bertz CT molecular complexity index is 830. The van der Waals surface area contributed by atoms with Crippen molar-refractivity contribution in [3.63, 3.8) is 0 Å². The Labute approximate surface area is 142 Å². The van der Waals surface area contributed by atoms with E-state index in [0.717, 1.165) is 18.4 Å². The fraction of sp³-hybridized carbons (Fsp3) is 0.474. The first-order valence-corrected chi connectivity index (χ1v) is 8.62. The maximum Gasteiger partial charge on any atom is 0.259 e. The fourth-order valence-corrected chi connectivity index (χ4v) is 3.38. The highest BCUT2D eigenvalue weighted by Gasteiger charge is 2.25. The van der Waals surface area contributed by atoms with E-state index in [0.29, 0.717) is 30.1 Å². The van der Waals surface area contributed by atoms with E-state index in [1.807, 2.05) is 30.5 Å². The first-order chi connectivity index (χ1) is 11.4. The molecular weight excluding hydrogens is 302 g/mol. The van der Waals surface area contributed by atoms with Gasteiger partial charge in [0.1, 0.15) is 5.56 Å². The summed E-state index contributed by atoms with van der Waals surface area (Å²) in [6.45, 7) is 7.69. The van der Waals surface area contributed by atoms with Gasteiger partial charge in [0.2, 0.25) is 5.43 Å². The molecule has 0 saturated carbocycles. The maximum absolute atomic E-state index is 12.9. The summed E-state index contributed by atoms with van der Waals surface area (Å²) >= 11 is 0. The summed E-state index contributed by atoms with van der Waals surface area (Å²) in [5.41, 5.74) is 7.22. The highest BCUT2D eigenvalue weighted by Crippen LogP contribution is 2.23. The van der Waals surface area contributed by atoms with Crippen LogP contribution in [0.2, 0.25) is 0 Å². The number of likely N-dealkylation sites (tertiary alicyclic amines) is 1. The Kier molecular flexibility index (Phi) is 4.35. The van der Waals surface area contributed by atoms with Gasteiger partial charge in [-0.2, -0.15) is 0 Å². The summed E-state index contributed by atoms with van der Waals surface area (Å²) in [6.07, 6.45) is 3.68. The highest BCUT2D eigenvalue weighted by atomic mass is 16.2.